The molecule has 2 nitrogen and oxygen atoms in total. The van der Waals surface area contributed by atoms with Gasteiger partial charge in [-0.15, -0.1) is 11.8 Å². The number of thioether (sulfide) groups is 1. The average molecular weight is 286 g/mol. The van der Waals surface area contributed by atoms with Crippen LogP contribution in [0.15, 0.2) is 27.6 Å². The predicted molar refractivity (Wildman–Crippen MR) is 66.1 cm³/mol. The van der Waals surface area contributed by atoms with E-state index < -0.39 is 0 Å². The van der Waals surface area contributed by atoms with Crippen LogP contribution in [0, 0.1) is 11.3 Å². The number of nitriles is 1. The molecule has 0 heterocycles. The predicted octanol–water partition coefficient (Wildman–Crippen LogP) is 3.45. The molecule has 1 rings (SSSR count). The van der Waals surface area contributed by atoms with E-state index in [9.17, 15) is 0 Å². The lowest BCUT2D eigenvalue weighted by molar-refractivity contribution is 0.200. The number of nitrogens with zero attached hydrogens (tertiary/aromatic N) is 1. The van der Waals surface area contributed by atoms with Gasteiger partial charge >= 0.3 is 0 Å². The monoisotopic (exact) mass is 285 g/mol. The largest absolute Gasteiger partial charge is 0.385 e. The van der Waals surface area contributed by atoms with Gasteiger partial charge in [-0.25, -0.2) is 0 Å². The van der Waals surface area contributed by atoms with Crippen LogP contribution in [0.4, 0.5) is 0 Å². The van der Waals surface area contributed by atoms with Crippen LogP contribution in [-0.2, 0) is 4.74 Å². The minimum atomic E-state index is 0.683. The lowest BCUT2D eigenvalue weighted by Gasteiger charge is -2.04. The van der Waals surface area contributed by atoms with Crippen molar-refractivity contribution < 1.29 is 4.74 Å². The Morgan fingerprint density at radius 1 is 1.53 bits per heavy atom. The van der Waals surface area contributed by atoms with Crippen molar-refractivity contribution in [2.75, 3.05) is 19.5 Å². The molecule has 0 aromatic heterocycles. The molecule has 0 saturated carbocycles. The molecule has 15 heavy (non-hydrogen) atoms. The minimum Gasteiger partial charge on any atom is -0.385 e. The topological polar surface area (TPSA) is 33.0 Å². The van der Waals surface area contributed by atoms with E-state index >= 15 is 0 Å². The third-order valence-electron chi connectivity index (χ3n) is 1.81. The summed E-state index contributed by atoms with van der Waals surface area (Å²) in [5, 5.41) is 8.70. The van der Waals surface area contributed by atoms with E-state index in [4.69, 9.17) is 10.00 Å². The van der Waals surface area contributed by atoms with E-state index in [1.165, 1.54) is 4.90 Å². The summed E-state index contributed by atoms with van der Waals surface area (Å²) in [5.74, 6) is 1.03. The Kier molecular flexibility index (Phi) is 5.77. The maximum Gasteiger partial charge on any atom is 0.0992 e. The average Bonchev–Trinajstić information content (AvgIpc) is 2.26. The molecule has 4 heteroatoms. The summed E-state index contributed by atoms with van der Waals surface area (Å²) in [5.41, 5.74) is 0.683. The van der Waals surface area contributed by atoms with Crippen LogP contribution in [0.3, 0.4) is 0 Å². The molecule has 1 aromatic carbocycles. The zero-order valence-corrected chi connectivity index (χ0v) is 10.9. The Bertz CT molecular complexity index is 362. The van der Waals surface area contributed by atoms with Crippen LogP contribution >= 0.6 is 27.7 Å². The third-order valence-corrected chi connectivity index (χ3v) is 3.89. The Morgan fingerprint density at radius 2 is 2.33 bits per heavy atom. The molecule has 0 aliphatic rings. The molecule has 1 aromatic rings. The van der Waals surface area contributed by atoms with Gasteiger partial charge in [-0.3, -0.25) is 0 Å². The first-order valence-corrected chi connectivity index (χ1v) is 6.37. The molecule has 80 valence electrons. The molecule has 0 bridgehead atoms. The fraction of sp³-hybridized carbons (Fsp3) is 0.364. The fourth-order valence-electron chi connectivity index (χ4n) is 1.07. The van der Waals surface area contributed by atoms with Crippen molar-refractivity contribution in [3.8, 4) is 6.07 Å². The van der Waals surface area contributed by atoms with Gasteiger partial charge in [-0.2, -0.15) is 5.26 Å². The maximum absolute atomic E-state index is 8.70. The molecule has 0 unspecified atom stereocenters. The van der Waals surface area contributed by atoms with Crippen LogP contribution in [0.25, 0.3) is 0 Å². The van der Waals surface area contributed by atoms with Crippen molar-refractivity contribution in [2.45, 2.75) is 11.3 Å². The smallest absolute Gasteiger partial charge is 0.0992 e. The zero-order valence-electron chi connectivity index (χ0n) is 8.50. The number of hydrogen-bond donors (Lipinski definition) is 0. The van der Waals surface area contributed by atoms with E-state index in [0.717, 1.165) is 23.3 Å². The van der Waals surface area contributed by atoms with Gasteiger partial charge in [-0.1, -0.05) is 0 Å². The molecule has 0 amide bonds. The Morgan fingerprint density at radius 3 is 2.93 bits per heavy atom. The van der Waals surface area contributed by atoms with Gasteiger partial charge in [0.05, 0.1) is 11.6 Å². The molecule has 0 saturated heterocycles. The molecular weight excluding hydrogens is 274 g/mol. The number of rotatable bonds is 5. The Balaban J connectivity index is 2.52. The first-order chi connectivity index (χ1) is 7.27. The van der Waals surface area contributed by atoms with Gasteiger partial charge in [0.2, 0.25) is 0 Å². The van der Waals surface area contributed by atoms with Gasteiger partial charge in [-0.05, 0) is 40.5 Å². The first-order valence-electron chi connectivity index (χ1n) is 4.59. The molecule has 0 aliphatic heterocycles. The summed E-state index contributed by atoms with van der Waals surface area (Å²) in [6, 6.07) is 7.77. The summed E-state index contributed by atoms with van der Waals surface area (Å²) < 4.78 is 5.97. The van der Waals surface area contributed by atoms with Gasteiger partial charge < -0.3 is 4.74 Å². The number of benzene rings is 1. The van der Waals surface area contributed by atoms with Gasteiger partial charge in [0.1, 0.15) is 0 Å². The van der Waals surface area contributed by atoms with Gasteiger partial charge in [0.25, 0.3) is 0 Å². The van der Waals surface area contributed by atoms with Crippen molar-refractivity contribution in [3.63, 3.8) is 0 Å². The molecule has 0 aliphatic carbocycles. The van der Waals surface area contributed by atoms with Crippen LogP contribution in [0.5, 0.6) is 0 Å². The van der Waals surface area contributed by atoms with E-state index in [1.807, 2.05) is 18.2 Å². The van der Waals surface area contributed by atoms with Crippen molar-refractivity contribution in [2.24, 2.45) is 0 Å². The van der Waals surface area contributed by atoms with E-state index in [0.29, 0.717) is 5.56 Å². The van der Waals surface area contributed by atoms with E-state index in [-0.39, 0.29) is 0 Å². The number of methoxy groups -OCH3 is 1. The van der Waals surface area contributed by atoms with Gasteiger partial charge in [0.15, 0.2) is 0 Å². The van der Waals surface area contributed by atoms with E-state index in [1.54, 1.807) is 18.9 Å². The fourth-order valence-corrected chi connectivity index (χ4v) is 2.64. The van der Waals surface area contributed by atoms with Gasteiger partial charge in [0, 0.05) is 28.8 Å². The Hall–Kier alpha value is -0.500. The molecule has 0 spiro atoms. The second-order valence-corrected chi connectivity index (χ2v) is 4.94. The number of halogens is 1. The van der Waals surface area contributed by atoms with Crippen LogP contribution in [0.1, 0.15) is 12.0 Å². The van der Waals surface area contributed by atoms with Crippen molar-refractivity contribution in [1.82, 2.24) is 0 Å². The SMILES string of the molecule is COCCCSc1ccc(C#N)cc1Br. The van der Waals surface area contributed by atoms with Crippen molar-refractivity contribution in [3.05, 3.63) is 28.2 Å². The van der Waals surface area contributed by atoms with E-state index in [2.05, 4.69) is 22.0 Å². The summed E-state index contributed by atoms with van der Waals surface area (Å²) in [7, 11) is 1.71. The highest BCUT2D eigenvalue weighted by molar-refractivity contribution is 9.10. The van der Waals surface area contributed by atoms with Crippen LogP contribution < -0.4 is 0 Å². The highest BCUT2D eigenvalue weighted by Gasteiger charge is 2.01. The Labute approximate surface area is 103 Å². The third kappa shape index (κ3) is 4.25. The van der Waals surface area contributed by atoms with Crippen LogP contribution in [0.2, 0.25) is 0 Å². The molecule has 0 N–H and O–H groups in total. The highest BCUT2D eigenvalue weighted by atomic mass is 79.9. The summed E-state index contributed by atoms with van der Waals surface area (Å²) in [6.07, 6.45) is 1.04. The molecular formula is C11H12BrNOS. The maximum atomic E-state index is 8.70. The van der Waals surface area contributed by atoms with Crippen molar-refractivity contribution >= 4 is 27.7 Å². The summed E-state index contributed by atoms with van der Waals surface area (Å²) in [4.78, 5) is 1.17. The number of ether oxygens (including phenoxy) is 1. The van der Waals surface area contributed by atoms with Crippen molar-refractivity contribution in [1.29, 1.82) is 5.26 Å². The lowest BCUT2D eigenvalue weighted by Crippen LogP contribution is -1.90. The molecule has 0 atom stereocenters. The molecule has 0 fully saturated rings. The van der Waals surface area contributed by atoms with Crippen LogP contribution in [-0.4, -0.2) is 19.5 Å². The highest BCUT2D eigenvalue weighted by Crippen LogP contribution is 2.28. The first kappa shape index (κ1) is 12.6. The number of hydrogen-bond acceptors (Lipinski definition) is 3. The lowest BCUT2D eigenvalue weighted by atomic mass is 10.2. The summed E-state index contributed by atoms with van der Waals surface area (Å²) >= 11 is 5.22. The molecule has 0 radical (unpaired) electrons. The summed E-state index contributed by atoms with van der Waals surface area (Å²) in [6.45, 7) is 0.793. The second kappa shape index (κ2) is 6.89. The second-order valence-electron chi connectivity index (χ2n) is 2.95. The zero-order chi connectivity index (χ0) is 11.1. The standard InChI is InChI=1S/C11H12BrNOS/c1-14-5-2-6-15-11-4-3-9(8-13)7-10(11)12/h3-4,7H,2,5-6H2,1H3. The minimum absolute atomic E-state index is 0.683. The normalized spacial score (nSPS) is 9.93. The quantitative estimate of drug-likeness (QED) is 0.614.